The molecule has 1 aromatic carbocycles. The van der Waals surface area contributed by atoms with Gasteiger partial charge in [-0.15, -0.1) is 0 Å². The Bertz CT molecular complexity index is 1220. The minimum absolute atomic E-state index is 0.0310. The van der Waals surface area contributed by atoms with Gasteiger partial charge in [-0.2, -0.15) is 0 Å². The molecule has 2 aliphatic carbocycles. The number of hydrogen-bond donors (Lipinski definition) is 1. The third-order valence-electron chi connectivity index (χ3n) is 9.66. The molecule has 3 atom stereocenters. The van der Waals surface area contributed by atoms with Crippen molar-refractivity contribution in [3.05, 3.63) is 58.2 Å². The number of carbonyl (C=O) groups is 1. The van der Waals surface area contributed by atoms with E-state index in [4.69, 9.17) is 19.2 Å². The molecule has 0 bridgehead atoms. The maximum absolute atomic E-state index is 14.4. The van der Waals surface area contributed by atoms with E-state index in [1.54, 1.807) is 13.2 Å². The van der Waals surface area contributed by atoms with E-state index in [1.807, 2.05) is 4.90 Å². The monoisotopic (exact) mass is 566 g/mol. The van der Waals surface area contributed by atoms with E-state index in [2.05, 4.69) is 6.07 Å². The highest BCUT2D eigenvalue weighted by molar-refractivity contribution is 5.76. The SMILES string of the molecule is COc1cc(CCCCO[C@@H]2CCN(C(C(=O)O)c3cc(F)ccc3C3CCC4(CC4)CO3)C2)nc2c1CCCC2. The van der Waals surface area contributed by atoms with Gasteiger partial charge in [-0.3, -0.25) is 14.7 Å². The summed E-state index contributed by atoms with van der Waals surface area (Å²) in [5, 5.41) is 10.3. The maximum Gasteiger partial charge on any atom is 0.325 e. The van der Waals surface area contributed by atoms with Crippen LogP contribution in [0.4, 0.5) is 4.39 Å². The Balaban J connectivity index is 1.02. The molecular weight excluding hydrogens is 523 g/mol. The molecule has 2 saturated heterocycles. The molecular formula is C33H43FN2O5. The number of hydrogen-bond acceptors (Lipinski definition) is 6. The van der Waals surface area contributed by atoms with Crippen molar-refractivity contribution in [1.29, 1.82) is 0 Å². The molecule has 1 spiro atoms. The van der Waals surface area contributed by atoms with Crippen LogP contribution in [0, 0.1) is 11.2 Å². The summed E-state index contributed by atoms with van der Waals surface area (Å²) in [7, 11) is 1.74. The average molecular weight is 567 g/mol. The molecule has 3 fully saturated rings. The molecule has 1 N–H and O–H groups in total. The second-order valence-electron chi connectivity index (χ2n) is 12.5. The number of unbranched alkanes of at least 4 members (excludes halogenated alkanes) is 1. The molecule has 1 aromatic heterocycles. The van der Waals surface area contributed by atoms with Crippen LogP contribution in [0.1, 0.15) is 98.0 Å². The predicted octanol–water partition coefficient (Wildman–Crippen LogP) is 5.98. The van der Waals surface area contributed by atoms with E-state index in [0.717, 1.165) is 68.4 Å². The van der Waals surface area contributed by atoms with Crippen LogP contribution in [-0.4, -0.2) is 60.5 Å². The van der Waals surface area contributed by atoms with E-state index in [-0.39, 0.29) is 12.2 Å². The Morgan fingerprint density at radius 1 is 1.20 bits per heavy atom. The first-order valence-electron chi connectivity index (χ1n) is 15.5. The number of aliphatic carboxylic acids is 1. The van der Waals surface area contributed by atoms with Crippen LogP contribution in [-0.2, 0) is 33.5 Å². The lowest BCUT2D eigenvalue weighted by molar-refractivity contribution is -0.143. The fourth-order valence-corrected chi connectivity index (χ4v) is 7.06. The molecule has 8 heteroatoms. The van der Waals surface area contributed by atoms with Crippen molar-refractivity contribution in [2.24, 2.45) is 5.41 Å². The van der Waals surface area contributed by atoms with Gasteiger partial charge in [0, 0.05) is 42.7 Å². The number of carboxylic acids is 1. The average Bonchev–Trinajstić information content (AvgIpc) is 3.57. The van der Waals surface area contributed by atoms with Gasteiger partial charge in [0.25, 0.3) is 0 Å². The smallest absolute Gasteiger partial charge is 0.325 e. The quantitative estimate of drug-likeness (QED) is 0.335. The third kappa shape index (κ3) is 6.45. The summed E-state index contributed by atoms with van der Waals surface area (Å²) in [6.07, 6.45) is 12.2. The first-order valence-corrected chi connectivity index (χ1v) is 15.5. The molecule has 3 heterocycles. The lowest BCUT2D eigenvalue weighted by Gasteiger charge is -2.33. The fraction of sp³-hybridized carbons (Fsp3) is 0.636. The summed E-state index contributed by atoms with van der Waals surface area (Å²) in [6.45, 7) is 2.46. The molecule has 2 aromatic rings. The highest BCUT2D eigenvalue weighted by atomic mass is 19.1. The Morgan fingerprint density at radius 3 is 2.80 bits per heavy atom. The van der Waals surface area contributed by atoms with Crippen LogP contribution in [0.25, 0.3) is 0 Å². The molecule has 1 saturated carbocycles. The maximum atomic E-state index is 14.4. The molecule has 2 unspecified atom stereocenters. The minimum atomic E-state index is -0.958. The van der Waals surface area contributed by atoms with E-state index in [1.165, 1.54) is 49.1 Å². The summed E-state index contributed by atoms with van der Waals surface area (Å²) in [4.78, 5) is 19.4. The number of aromatic nitrogens is 1. The van der Waals surface area contributed by atoms with Gasteiger partial charge in [-0.1, -0.05) is 6.07 Å². The van der Waals surface area contributed by atoms with Crippen LogP contribution in [0.3, 0.4) is 0 Å². The van der Waals surface area contributed by atoms with E-state index >= 15 is 0 Å². The number of ether oxygens (including phenoxy) is 3. The first kappa shape index (κ1) is 28.6. The Labute approximate surface area is 242 Å². The van der Waals surface area contributed by atoms with E-state index in [0.29, 0.717) is 37.3 Å². The molecule has 0 amide bonds. The van der Waals surface area contributed by atoms with Gasteiger partial charge in [0.15, 0.2) is 0 Å². The summed E-state index contributed by atoms with van der Waals surface area (Å²) in [5.41, 5.74) is 5.23. The molecule has 6 rings (SSSR count). The van der Waals surface area contributed by atoms with E-state index < -0.39 is 17.8 Å². The summed E-state index contributed by atoms with van der Waals surface area (Å²) < 4.78 is 32.5. The van der Waals surface area contributed by atoms with Crippen molar-refractivity contribution in [3.8, 4) is 5.75 Å². The number of likely N-dealkylation sites (tertiary alicyclic amines) is 1. The Kier molecular flexibility index (Phi) is 8.61. The summed E-state index contributed by atoms with van der Waals surface area (Å²) in [6, 6.07) is 5.73. The number of aryl methyl sites for hydroxylation is 2. The molecule has 0 radical (unpaired) electrons. The third-order valence-corrected chi connectivity index (χ3v) is 9.66. The predicted molar refractivity (Wildman–Crippen MR) is 153 cm³/mol. The number of benzene rings is 1. The molecule has 4 aliphatic rings. The van der Waals surface area contributed by atoms with Crippen molar-refractivity contribution in [1.82, 2.24) is 9.88 Å². The lowest BCUT2D eigenvalue weighted by atomic mass is 9.88. The largest absolute Gasteiger partial charge is 0.496 e. The minimum Gasteiger partial charge on any atom is -0.496 e. The molecule has 222 valence electrons. The number of pyridine rings is 1. The standard InChI is InChI=1S/C33H43FN2O5/c1-39-30-19-23(35-28-8-3-2-7-26(28)30)6-4-5-17-40-24-12-16-36(20-24)31(32(37)38)27-18-22(34)9-10-25(27)29-11-13-33(14-15-33)21-41-29/h9-10,18-19,24,29,31H,2-8,11-17,20-21H2,1H3,(H,37,38)/t24-,29?,31?/m1/s1. The van der Waals surface area contributed by atoms with Gasteiger partial charge in [-0.05, 0) is 106 Å². The van der Waals surface area contributed by atoms with Crippen molar-refractivity contribution in [2.45, 2.75) is 95.3 Å². The Hall–Kier alpha value is -2.55. The van der Waals surface area contributed by atoms with Crippen LogP contribution in [0.15, 0.2) is 24.3 Å². The van der Waals surface area contributed by atoms with Crippen LogP contribution >= 0.6 is 0 Å². The van der Waals surface area contributed by atoms with Crippen LogP contribution in [0.5, 0.6) is 5.75 Å². The number of halogens is 1. The molecule has 7 nitrogen and oxygen atoms in total. The second-order valence-corrected chi connectivity index (χ2v) is 12.5. The lowest BCUT2D eigenvalue weighted by Crippen LogP contribution is -2.35. The molecule has 2 aliphatic heterocycles. The van der Waals surface area contributed by atoms with E-state index in [9.17, 15) is 14.3 Å². The highest BCUT2D eigenvalue weighted by Gasteiger charge is 2.46. The summed E-state index contributed by atoms with van der Waals surface area (Å²) >= 11 is 0. The summed E-state index contributed by atoms with van der Waals surface area (Å²) in [5.74, 6) is -0.397. The normalized spacial score (nSPS) is 24.2. The number of nitrogens with zero attached hydrogens (tertiary/aromatic N) is 2. The zero-order chi connectivity index (χ0) is 28.4. The van der Waals surface area contributed by atoms with Gasteiger partial charge in [-0.25, -0.2) is 4.39 Å². The van der Waals surface area contributed by atoms with Gasteiger partial charge >= 0.3 is 5.97 Å². The number of methoxy groups -OCH3 is 1. The van der Waals surface area contributed by atoms with Gasteiger partial charge in [0.2, 0.25) is 0 Å². The highest BCUT2D eigenvalue weighted by Crippen LogP contribution is 2.55. The number of carboxylic acid groups (broad SMARTS) is 1. The number of fused-ring (bicyclic) bond motifs is 1. The van der Waals surface area contributed by atoms with Crippen LogP contribution < -0.4 is 4.74 Å². The fourth-order valence-electron chi connectivity index (χ4n) is 7.06. The zero-order valence-electron chi connectivity index (χ0n) is 24.2. The Morgan fingerprint density at radius 2 is 2.05 bits per heavy atom. The first-order chi connectivity index (χ1) is 19.9. The van der Waals surface area contributed by atoms with Gasteiger partial charge in [0.1, 0.15) is 17.6 Å². The zero-order valence-corrected chi connectivity index (χ0v) is 24.2. The topological polar surface area (TPSA) is 81.1 Å². The van der Waals surface area contributed by atoms with Crippen molar-refractivity contribution < 1.29 is 28.5 Å². The van der Waals surface area contributed by atoms with Crippen molar-refractivity contribution in [2.75, 3.05) is 33.4 Å². The molecule has 41 heavy (non-hydrogen) atoms. The van der Waals surface area contributed by atoms with Gasteiger partial charge < -0.3 is 19.3 Å². The van der Waals surface area contributed by atoms with Gasteiger partial charge in [0.05, 0.1) is 25.9 Å². The second kappa shape index (κ2) is 12.4. The van der Waals surface area contributed by atoms with Crippen molar-refractivity contribution >= 4 is 5.97 Å². The van der Waals surface area contributed by atoms with Crippen molar-refractivity contribution in [3.63, 3.8) is 0 Å². The number of rotatable bonds is 11. The van der Waals surface area contributed by atoms with Crippen LogP contribution in [0.2, 0.25) is 0 Å².